The summed E-state index contributed by atoms with van der Waals surface area (Å²) in [5.41, 5.74) is 1.76. The Labute approximate surface area is 150 Å². The van der Waals surface area contributed by atoms with Crippen molar-refractivity contribution < 1.29 is 23.5 Å². The van der Waals surface area contributed by atoms with E-state index in [4.69, 9.17) is 13.9 Å². The number of hydrogen-bond acceptors (Lipinski definition) is 6. The van der Waals surface area contributed by atoms with Crippen LogP contribution in [0.2, 0.25) is 0 Å². The van der Waals surface area contributed by atoms with E-state index in [1.807, 2.05) is 18.2 Å². The monoisotopic (exact) mass is 351 g/mol. The minimum Gasteiger partial charge on any atom is -0.497 e. The number of fused-ring (bicyclic) bond motifs is 1. The molecule has 0 fully saturated rings. The first-order chi connectivity index (χ1) is 12.6. The maximum absolute atomic E-state index is 12.3. The predicted molar refractivity (Wildman–Crippen MR) is 95.9 cm³/mol. The largest absolute Gasteiger partial charge is 0.497 e. The molecule has 26 heavy (non-hydrogen) atoms. The van der Waals surface area contributed by atoms with Gasteiger partial charge in [0.15, 0.2) is 11.7 Å². The predicted octanol–water partition coefficient (Wildman–Crippen LogP) is 3.66. The molecule has 1 atom stereocenters. The highest BCUT2D eigenvalue weighted by molar-refractivity contribution is 6.01. The van der Waals surface area contributed by atoms with Gasteiger partial charge in [-0.2, -0.15) is 0 Å². The van der Waals surface area contributed by atoms with E-state index in [0.717, 1.165) is 0 Å². The number of oxazole rings is 1. The molecule has 0 radical (unpaired) electrons. The minimum atomic E-state index is -0.913. The van der Waals surface area contributed by atoms with E-state index in [1.54, 1.807) is 37.4 Å². The molecule has 0 N–H and O–H groups in total. The van der Waals surface area contributed by atoms with Gasteiger partial charge in [-0.15, -0.1) is 0 Å². The summed E-state index contributed by atoms with van der Waals surface area (Å²) in [6.07, 6.45) is 1.68. The molecule has 0 aliphatic heterocycles. The second-order valence-electron chi connectivity index (χ2n) is 5.53. The first kappa shape index (κ1) is 17.4. The average molecular weight is 351 g/mol. The van der Waals surface area contributed by atoms with E-state index in [1.165, 1.54) is 19.1 Å². The van der Waals surface area contributed by atoms with Gasteiger partial charge >= 0.3 is 5.97 Å². The van der Waals surface area contributed by atoms with E-state index in [2.05, 4.69) is 4.98 Å². The summed E-state index contributed by atoms with van der Waals surface area (Å²) in [7, 11) is 1.55. The summed E-state index contributed by atoms with van der Waals surface area (Å²) in [5, 5.41) is 0. The Balaban J connectivity index is 1.61. The van der Waals surface area contributed by atoms with Crippen molar-refractivity contribution in [1.82, 2.24) is 4.98 Å². The molecular formula is C20H17NO5. The molecule has 3 aromatic rings. The van der Waals surface area contributed by atoms with E-state index >= 15 is 0 Å². The van der Waals surface area contributed by atoms with Gasteiger partial charge in [0.2, 0.25) is 11.7 Å². The molecule has 132 valence electrons. The summed E-state index contributed by atoms with van der Waals surface area (Å²) >= 11 is 0. The molecule has 1 heterocycles. The SMILES string of the molecule is COc1ccc(C(=O)[C@@H](C)OC(=O)/C=C/c2nc3ccccc3o2)cc1. The third-order valence-electron chi connectivity index (χ3n) is 3.71. The topological polar surface area (TPSA) is 78.6 Å². The second kappa shape index (κ2) is 7.65. The lowest BCUT2D eigenvalue weighted by Gasteiger charge is -2.11. The highest BCUT2D eigenvalue weighted by atomic mass is 16.5. The number of ketones is 1. The second-order valence-corrected chi connectivity index (χ2v) is 5.53. The minimum absolute atomic E-state index is 0.289. The average Bonchev–Trinajstić information content (AvgIpc) is 3.09. The molecule has 6 nitrogen and oxygen atoms in total. The van der Waals surface area contributed by atoms with Gasteiger partial charge in [-0.05, 0) is 43.3 Å². The first-order valence-corrected chi connectivity index (χ1v) is 7.99. The number of rotatable bonds is 6. The molecule has 0 spiro atoms. The van der Waals surface area contributed by atoms with Gasteiger partial charge in [0.1, 0.15) is 11.3 Å². The van der Waals surface area contributed by atoms with Crippen LogP contribution in [0.3, 0.4) is 0 Å². The first-order valence-electron chi connectivity index (χ1n) is 7.99. The van der Waals surface area contributed by atoms with Crippen LogP contribution in [0.15, 0.2) is 59.0 Å². The fourth-order valence-electron chi connectivity index (χ4n) is 2.36. The fourth-order valence-corrected chi connectivity index (χ4v) is 2.36. The Morgan fingerprint density at radius 2 is 1.85 bits per heavy atom. The van der Waals surface area contributed by atoms with Crippen molar-refractivity contribution in [2.45, 2.75) is 13.0 Å². The Kier molecular flexibility index (Phi) is 5.12. The molecule has 3 rings (SSSR count). The molecule has 0 saturated heterocycles. The molecule has 6 heteroatoms. The molecule has 0 bridgehead atoms. The maximum Gasteiger partial charge on any atom is 0.331 e. The van der Waals surface area contributed by atoms with Gasteiger partial charge in [0, 0.05) is 17.7 Å². The van der Waals surface area contributed by atoms with Crippen molar-refractivity contribution in [2.24, 2.45) is 0 Å². The van der Waals surface area contributed by atoms with Crippen LogP contribution < -0.4 is 4.74 Å². The van der Waals surface area contributed by atoms with Crippen LogP contribution in [0.5, 0.6) is 5.75 Å². The van der Waals surface area contributed by atoms with Crippen LogP contribution in [0.4, 0.5) is 0 Å². The van der Waals surface area contributed by atoms with Crippen molar-refractivity contribution >= 4 is 28.9 Å². The number of aromatic nitrogens is 1. The molecule has 1 aromatic heterocycles. The van der Waals surface area contributed by atoms with E-state index in [9.17, 15) is 9.59 Å². The third kappa shape index (κ3) is 3.97. The Bertz CT molecular complexity index is 923. The number of ether oxygens (including phenoxy) is 2. The van der Waals surface area contributed by atoms with Gasteiger partial charge in [-0.25, -0.2) is 9.78 Å². The highest BCUT2D eigenvalue weighted by Gasteiger charge is 2.18. The molecule has 0 aliphatic carbocycles. The highest BCUT2D eigenvalue weighted by Crippen LogP contribution is 2.16. The number of methoxy groups -OCH3 is 1. The maximum atomic E-state index is 12.3. The van der Waals surface area contributed by atoms with Crippen molar-refractivity contribution in [1.29, 1.82) is 0 Å². The quantitative estimate of drug-likeness (QED) is 0.383. The van der Waals surface area contributed by atoms with Crippen molar-refractivity contribution in [3.63, 3.8) is 0 Å². The van der Waals surface area contributed by atoms with Crippen LogP contribution in [-0.2, 0) is 9.53 Å². The smallest absolute Gasteiger partial charge is 0.331 e. The summed E-state index contributed by atoms with van der Waals surface area (Å²) in [4.78, 5) is 28.4. The van der Waals surface area contributed by atoms with Crippen molar-refractivity contribution in [2.75, 3.05) is 7.11 Å². The molecule has 0 unspecified atom stereocenters. The Morgan fingerprint density at radius 3 is 2.54 bits per heavy atom. The Hall–Kier alpha value is -3.41. The van der Waals surface area contributed by atoms with Gasteiger partial charge in [-0.3, -0.25) is 4.79 Å². The van der Waals surface area contributed by atoms with Gasteiger partial charge < -0.3 is 13.9 Å². The normalized spacial score (nSPS) is 12.2. The number of hydrogen-bond donors (Lipinski definition) is 0. The lowest BCUT2D eigenvalue weighted by molar-refractivity contribution is -0.140. The number of carbonyl (C=O) groups excluding carboxylic acids is 2. The molecule has 0 saturated carbocycles. The van der Waals surface area contributed by atoms with Gasteiger partial charge in [0.25, 0.3) is 0 Å². The Morgan fingerprint density at radius 1 is 1.12 bits per heavy atom. The molecule has 2 aromatic carbocycles. The number of benzene rings is 2. The van der Waals surface area contributed by atoms with E-state index < -0.39 is 12.1 Å². The zero-order valence-corrected chi connectivity index (χ0v) is 14.3. The number of carbonyl (C=O) groups is 2. The van der Waals surface area contributed by atoms with E-state index in [0.29, 0.717) is 22.4 Å². The molecular weight excluding hydrogens is 334 g/mol. The third-order valence-corrected chi connectivity index (χ3v) is 3.71. The summed E-state index contributed by atoms with van der Waals surface area (Å²) < 4.78 is 15.7. The van der Waals surface area contributed by atoms with E-state index in [-0.39, 0.29) is 11.7 Å². The van der Waals surface area contributed by atoms with Gasteiger partial charge in [0.05, 0.1) is 7.11 Å². The summed E-state index contributed by atoms with van der Waals surface area (Å²) in [6, 6.07) is 13.9. The van der Waals surface area contributed by atoms with Crippen LogP contribution in [-0.4, -0.2) is 30.0 Å². The lowest BCUT2D eigenvalue weighted by Crippen LogP contribution is -2.23. The number of esters is 1. The van der Waals surface area contributed by atoms with Crippen LogP contribution >= 0.6 is 0 Å². The van der Waals surface area contributed by atoms with Crippen molar-refractivity contribution in [3.05, 3.63) is 66.1 Å². The standard InChI is InChI=1S/C20H17NO5/c1-13(20(23)14-7-9-15(24-2)10-8-14)25-19(22)12-11-18-21-16-5-3-4-6-17(16)26-18/h3-13H,1-2H3/b12-11+/t13-/m1/s1. The summed E-state index contributed by atoms with van der Waals surface area (Å²) in [6.45, 7) is 1.53. The summed E-state index contributed by atoms with van der Waals surface area (Å²) in [5.74, 6) is -0.0115. The molecule has 0 aliphatic rings. The number of para-hydroxylation sites is 2. The lowest BCUT2D eigenvalue weighted by atomic mass is 10.1. The van der Waals surface area contributed by atoms with Crippen LogP contribution in [0.1, 0.15) is 23.2 Å². The van der Waals surface area contributed by atoms with Crippen LogP contribution in [0.25, 0.3) is 17.2 Å². The van der Waals surface area contributed by atoms with Crippen LogP contribution in [0, 0.1) is 0 Å². The fraction of sp³-hybridized carbons (Fsp3) is 0.150. The number of nitrogens with zero attached hydrogens (tertiary/aromatic N) is 1. The van der Waals surface area contributed by atoms with Gasteiger partial charge in [-0.1, -0.05) is 12.1 Å². The zero-order valence-electron chi connectivity index (χ0n) is 14.3. The molecule has 0 amide bonds. The van der Waals surface area contributed by atoms with Crippen molar-refractivity contribution in [3.8, 4) is 5.75 Å². The number of Topliss-reactive ketones (excluding diaryl/α,β-unsaturated/α-hetero) is 1. The zero-order chi connectivity index (χ0) is 18.5.